The highest BCUT2D eigenvalue weighted by molar-refractivity contribution is 6.00. The lowest BCUT2D eigenvalue weighted by atomic mass is 9.95. The molecule has 0 fully saturated rings. The zero-order valence-electron chi connectivity index (χ0n) is 13.8. The number of amides is 1. The minimum absolute atomic E-state index is 0.180. The smallest absolute Gasteiger partial charge is 0.330 e. The molecule has 0 spiro atoms. The summed E-state index contributed by atoms with van der Waals surface area (Å²) in [4.78, 5) is 28.9. The number of benzene rings is 2. The maximum atomic E-state index is 12.7. The molecular formula is C20H16N2O4. The number of pyridine rings is 1. The van der Waals surface area contributed by atoms with Gasteiger partial charge in [0.1, 0.15) is 11.3 Å². The van der Waals surface area contributed by atoms with Crippen LogP contribution in [0.4, 0.5) is 0 Å². The lowest BCUT2D eigenvalue weighted by Crippen LogP contribution is -2.55. The summed E-state index contributed by atoms with van der Waals surface area (Å²) in [6, 6.07) is 15.9. The van der Waals surface area contributed by atoms with Gasteiger partial charge in [-0.2, -0.15) is 0 Å². The van der Waals surface area contributed by atoms with Crippen LogP contribution in [-0.4, -0.2) is 32.6 Å². The van der Waals surface area contributed by atoms with E-state index < -0.39 is 17.4 Å². The second-order valence-corrected chi connectivity index (χ2v) is 6.51. The highest BCUT2D eigenvalue weighted by Gasteiger charge is 2.45. The van der Waals surface area contributed by atoms with Crippen molar-refractivity contribution in [3.63, 3.8) is 0 Å². The lowest BCUT2D eigenvalue weighted by molar-refractivity contribution is -0.144. The Morgan fingerprint density at radius 1 is 1.00 bits per heavy atom. The highest BCUT2D eigenvalue weighted by atomic mass is 16.4. The van der Waals surface area contributed by atoms with Gasteiger partial charge in [-0.15, -0.1) is 0 Å². The van der Waals surface area contributed by atoms with Gasteiger partial charge in [0, 0.05) is 18.2 Å². The minimum Gasteiger partial charge on any atom is -0.505 e. The van der Waals surface area contributed by atoms with Crippen LogP contribution in [0.1, 0.15) is 21.6 Å². The number of hydrogen-bond acceptors (Lipinski definition) is 4. The third kappa shape index (κ3) is 2.56. The molecule has 130 valence electrons. The van der Waals surface area contributed by atoms with Gasteiger partial charge in [0.15, 0.2) is 5.69 Å². The fourth-order valence-electron chi connectivity index (χ4n) is 3.46. The number of aromatic hydroxyl groups is 1. The molecule has 1 heterocycles. The van der Waals surface area contributed by atoms with Crippen molar-refractivity contribution in [3.8, 4) is 5.75 Å². The lowest BCUT2D eigenvalue weighted by Gasteiger charge is -2.25. The van der Waals surface area contributed by atoms with Crippen LogP contribution in [-0.2, 0) is 17.6 Å². The molecular weight excluding hydrogens is 332 g/mol. The second kappa shape index (κ2) is 5.84. The monoisotopic (exact) mass is 348 g/mol. The Bertz CT molecular complexity index is 1020. The first kappa shape index (κ1) is 16.1. The minimum atomic E-state index is -1.44. The summed E-state index contributed by atoms with van der Waals surface area (Å²) in [7, 11) is 0. The molecule has 1 aliphatic carbocycles. The number of fused-ring (bicyclic) bond motifs is 2. The number of carbonyl (C=O) groups excluding carboxylic acids is 1. The Morgan fingerprint density at radius 3 is 2.27 bits per heavy atom. The Kier molecular flexibility index (Phi) is 3.61. The summed E-state index contributed by atoms with van der Waals surface area (Å²) in [5.41, 5.74) is 0.715. The average Bonchev–Trinajstić information content (AvgIpc) is 3.00. The molecule has 0 unspecified atom stereocenters. The summed E-state index contributed by atoms with van der Waals surface area (Å²) < 4.78 is 0. The average molecular weight is 348 g/mol. The Labute approximate surface area is 149 Å². The molecule has 1 amide bonds. The number of nitrogens with zero attached hydrogens (tertiary/aromatic N) is 1. The van der Waals surface area contributed by atoms with E-state index in [1.807, 2.05) is 24.3 Å². The van der Waals surface area contributed by atoms with Gasteiger partial charge in [-0.3, -0.25) is 4.79 Å². The van der Waals surface area contributed by atoms with Crippen LogP contribution in [0.3, 0.4) is 0 Å². The molecule has 4 rings (SSSR count). The van der Waals surface area contributed by atoms with E-state index in [1.165, 1.54) is 6.07 Å². The molecule has 0 saturated heterocycles. The number of carbonyl (C=O) groups is 2. The number of nitrogens with one attached hydrogen (secondary N) is 1. The van der Waals surface area contributed by atoms with Crippen LogP contribution in [0, 0.1) is 0 Å². The zero-order valence-corrected chi connectivity index (χ0v) is 13.8. The first-order valence-corrected chi connectivity index (χ1v) is 8.20. The number of para-hydroxylation sites is 1. The first-order chi connectivity index (χ1) is 12.5. The molecule has 1 aromatic heterocycles. The van der Waals surface area contributed by atoms with E-state index in [0.29, 0.717) is 10.9 Å². The van der Waals surface area contributed by atoms with E-state index in [2.05, 4.69) is 10.3 Å². The highest BCUT2D eigenvalue weighted by Crippen LogP contribution is 2.31. The van der Waals surface area contributed by atoms with Crippen molar-refractivity contribution < 1.29 is 19.8 Å². The normalized spacial score (nSPS) is 14.8. The number of carboxylic acids is 1. The van der Waals surface area contributed by atoms with Crippen LogP contribution in [0.15, 0.2) is 54.6 Å². The van der Waals surface area contributed by atoms with E-state index in [-0.39, 0.29) is 24.3 Å². The predicted molar refractivity (Wildman–Crippen MR) is 95.1 cm³/mol. The maximum absolute atomic E-state index is 12.7. The quantitative estimate of drug-likeness (QED) is 0.674. The van der Waals surface area contributed by atoms with Crippen LogP contribution in [0.25, 0.3) is 10.9 Å². The van der Waals surface area contributed by atoms with Crippen molar-refractivity contribution in [2.75, 3.05) is 0 Å². The third-order valence-corrected chi connectivity index (χ3v) is 4.78. The van der Waals surface area contributed by atoms with Gasteiger partial charge >= 0.3 is 5.97 Å². The fourth-order valence-corrected chi connectivity index (χ4v) is 3.46. The summed E-state index contributed by atoms with van der Waals surface area (Å²) in [5.74, 6) is -2.09. The molecule has 6 nitrogen and oxygen atoms in total. The molecule has 3 N–H and O–H groups in total. The first-order valence-electron chi connectivity index (χ1n) is 8.20. The van der Waals surface area contributed by atoms with Gasteiger partial charge < -0.3 is 15.5 Å². The van der Waals surface area contributed by atoms with E-state index in [9.17, 15) is 19.8 Å². The SMILES string of the molecule is O=C(NC1(C(=O)O)Cc2ccccc2C1)c1nc2ccccc2cc1O. The van der Waals surface area contributed by atoms with Crippen molar-refractivity contribution >= 4 is 22.8 Å². The number of rotatable bonds is 3. The van der Waals surface area contributed by atoms with E-state index >= 15 is 0 Å². The topological polar surface area (TPSA) is 99.5 Å². The van der Waals surface area contributed by atoms with Crippen LogP contribution in [0.2, 0.25) is 0 Å². The summed E-state index contributed by atoms with van der Waals surface area (Å²) in [6.07, 6.45) is 0.386. The van der Waals surface area contributed by atoms with Crippen LogP contribution >= 0.6 is 0 Å². The molecule has 26 heavy (non-hydrogen) atoms. The number of carboxylic acid groups (broad SMARTS) is 1. The van der Waals surface area contributed by atoms with E-state index in [1.54, 1.807) is 24.3 Å². The van der Waals surface area contributed by atoms with Crippen LogP contribution in [0.5, 0.6) is 5.75 Å². The fraction of sp³-hybridized carbons (Fsp3) is 0.150. The van der Waals surface area contributed by atoms with Crippen molar-refractivity contribution in [1.82, 2.24) is 10.3 Å². The summed E-state index contributed by atoms with van der Waals surface area (Å²) in [5, 5.41) is 23.2. The standard InChI is InChI=1S/C20H16N2O4/c23-16-9-12-5-3-4-8-15(12)21-17(16)18(24)22-20(19(25)26)10-13-6-1-2-7-14(13)11-20/h1-9,23H,10-11H2,(H,22,24)(H,25,26). The molecule has 0 radical (unpaired) electrons. The van der Waals surface area contributed by atoms with Crippen molar-refractivity contribution in [2.24, 2.45) is 0 Å². The molecule has 0 aliphatic heterocycles. The summed E-state index contributed by atoms with van der Waals surface area (Å²) in [6.45, 7) is 0. The van der Waals surface area contributed by atoms with Gasteiger partial charge in [0.2, 0.25) is 0 Å². The van der Waals surface area contributed by atoms with Gasteiger partial charge in [0.25, 0.3) is 5.91 Å². The molecule has 3 aromatic rings. The molecule has 0 atom stereocenters. The molecule has 1 aliphatic rings. The molecule has 0 saturated carbocycles. The predicted octanol–water partition coefficient (Wildman–Crippen LogP) is 2.29. The summed E-state index contributed by atoms with van der Waals surface area (Å²) >= 11 is 0. The van der Waals surface area contributed by atoms with E-state index in [4.69, 9.17) is 0 Å². The van der Waals surface area contributed by atoms with Crippen molar-refractivity contribution in [2.45, 2.75) is 18.4 Å². The van der Waals surface area contributed by atoms with Gasteiger partial charge in [-0.25, -0.2) is 9.78 Å². The third-order valence-electron chi connectivity index (χ3n) is 4.78. The Hall–Kier alpha value is -3.41. The maximum Gasteiger partial charge on any atom is 0.330 e. The Morgan fingerprint density at radius 2 is 1.62 bits per heavy atom. The van der Waals surface area contributed by atoms with Crippen LogP contribution < -0.4 is 5.32 Å². The van der Waals surface area contributed by atoms with Gasteiger partial charge in [-0.1, -0.05) is 42.5 Å². The zero-order chi connectivity index (χ0) is 18.3. The molecule has 6 heteroatoms. The van der Waals surface area contributed by atoms with Gasteiger partial charge in [-0.05, 0) is 23.3 Å². The Balaban J connectivity index is 1.69. The van der Waals surface area contributed by atoms with E-state index in [0.717, 1.165) is 11.1 Å². The number of aromatic nitrogens is 1. The van der Waals surface area contributed by atoms with Gasteiger partial charge in [0.05, 0.1) is 5.52 Å². The van der Waals surface area contributed by atoms with Crippen molar-refractivity contribution in [3.05, 3.63) is 71.4 Å². The number of aliphatic carboxylic acids is 1. The largest absolute Gasteiger partial charge is 0.505 e. The number of hydrogen-bond donors (Lipinski definition) is 3. The van der Waals surface area contributed by atoms with Crippen molar-refractivity contribution in [1.29, 1.82) is 0 Å². The molecule has 2 aromatic carbocycles. The molecule has 0 bridgehead atoms. The second-order valence-electron chi connectivity index (χ2n) is 6.51.